The molecule has 0 radical (unpaired) electrons. The van der Waals surface area contributed by atoms with E-state index in [1.165, 1.54) is 0 Å². The van der Waals surface area contributed by atoms with E-state index in [1.54, 1.807) is 0 Å². The summed E-state index contributed by atoms with van der Waals surface area (Å²) in [6.07, 6.45) is 1.66. The van der Waals surface area contributed by atoms with Crippen LogP contribution in [0.3, 0.4) is 0 Å². The maximum absolute atomic E-state index is 9.28. The zero-order valence-corrected chi connectivity index (χ0v) is 5.73. The minimum atomic E-state index is -0.323. The van der Waals surface area contributed by atoms with Crippen LogP contribution in [0.5, 0.6) is 0 Å². The lowest BCUT2D eigenvalue weighted by Crippen LogP contribution is -2.29. The van der Waals surface area contributed by atoms with Gasteiger partial charge >= 0.3 is 0 Å². The second-order valence-electron chi connectivity index (χ2n) is 3.23. The van der Waals surface area contributed by atoms with E-state index < -0.39 is 0 Å². The Hall–Kier alpha value is -0.120. The summed E-state index contributed by atoms with van der Waals surface area (Å²) in [5, 5.41) is 18.1. The van der Waals surface area contributed by atoms with Gasteiger partial charge in [0, 0.05) is 6.61 Å². The van der Waals surface area contributed by atoms with Crippen molar-refractivity contribution in [1.29, 1.82) is 0 Å². The van der Waals surface area contributed by atoms with Crippen molar-refractivity contribution in [2.45, 2.75) is 31.2 Å². The quantitative estimate of drug-likeness (QED) is 0.488. The van der Waals surface area contributed by atoms with Crippen LogP contribution in [-0.4, -0.2) is 35.1 Å². The molecule has 0 aromatic rings. The van der Waals surface area contributed by atoms with Gasteiger partial charge in [-0.25, -0.2) is 0 Å². The second-order valence-corrected chi connectivity index (χ2v) is 3.23. The Morgan fingerprint density at radius 1 is 1.40 bits per heavy atom. The van der Waals surface area contributed by atoms with E-state index in [0.29, 0.717) is 6.42 Å². The van der Waals surface area contributed by atoms with E-state index in [0.717, 1.165) is 6.42 Å². The molecule has 0 amide bonds. The Morgan fingerprint density at radius 3 is 2.80 bits per heavy atom. The molecule has 0 spiro atoms. The molecule has 0 aromatic carbocycles. The molecule has 1 saturated heterocycles. The van der Waals surface area contributed by atoms with Crippen LogP contribution in [0.2, 0.25) is 0 Å². The number of hydrogen-bond donors (Lipinski definition) is 2. The summed E-state index contributed by atoms with van der Waals surface area (Å²) in [4.78, 5) is 0. The number of fused-ring (bicyclic) bond motifs is 1. The Balaban J connectivity index is 1.93. The van der Waals surface area contributed by atoms with Gasteiger partial charge in [-0.3, -0.25) is 0 Å². The number of aliphatic hydroxyl groups is 2. The van der Waals surface area contributed by atoms with E-state index in [-0.39, 0.29) is 30.8 Å². The van der Waals surface area contributed by atoms with Crippen LogP contribution in [0.4, 0.5) is 0 Å². The molecule has 3 heteroatoms. The van der Waals surface area contributed by atoms with Gasteiger partial charge in [-0.1, -0.05) is 0 Å². The Morgan fingerprint density at radius 2 is 2.20 bits per heavy atom. The minimum Gasteiger partial charge on any atom is -0.396 e. The van der Waals surface area contributed by atoms with Gasteiger partial charge in [-0.15, -0.1) is 0 Å². The predicted molar refractivity (Wildman–Crippen MR) is 34.5 cm³/mol. The molecular formula is C7H12O3. The first-order chi connectivity index (χ1) is 4.81. The van der Waals surface area contributed by atoms with Crippen molar-refractivity contribution in [3.63, 3.8) is 0 Å². The molecule has 2 rings (SSSR count). The molecule has 2 N–H and O–H groups in total. The first-order valence-electron chi connectivity index (χ1n) is 3.75. The number of aliphatic hydroxyl groups excluding tert-OH is 2. The Labute approximate surface area is 59.6 Å². The molecule has 2 fully saturated rings. The fourth-order valence-electron chi connectivity index (χ4n) is 1.73. The van der Waals surface area contributed by atoms with Gasteiger partial charge in [0.05, 0.1) is 12.2 Å². The van der Waals surface area contributed by atoms with E-state index in [2.05, 4.69) is 0 Å². The van der Waals surface area contributed by atoms with Crippen molar-refractivity contribution in [3.8, 4) is 0 Å². The average molecular weight is 144 g/mol. The number of epoxide rings is 1. The standard InChI is InChI=1S/C7H12O3/c8-3-4-1-5(9)7-6(2-4)10-7/h4-9H,1-3H2. The van der Waals surface area contributed by atoms with Crippen LogP contribution in [0.15, 0.2) is 0 Å². The summed E-state index contributed by atoms with van der Waals surface area (Å²) in [5.74, 6) is 0.263. The lowest BCUT2D eigenvalue weighted by molar-refractivity contribution is 0.0850. The third-order valence-corrected chi connectivity index (χ3v) is 2.40. The van der Waals surface area contributed by atoms with Gasteiger partial charge in [0.15, 0.2) is 0 Å². The van der Waals surface area contributed by atoms with Crippen LogP contribution in [0.25, 0.3) is 0 Å². The van der Waals surface area contributed by atoms with Gasteiger partial charge in [0.2, 0.25) is 0 Å². The first-order valence-corrected chi connectivity index (χ1v) is 3.75. The molecule has 4 unspecified atom stereocenters. The summed E-state index contributed by atoms with van der Waals surface area (Å²) in [6.45, 7) is 0.184. The molecule has 10 heavy (non-hydrogen) atoms. The van der Waals surface area contributed by atoms with Gasteiger partial charge in [0.25, 0.3) is 0 Å². The number of ether oxygens (including phenoxy) is 1. The van der Waals surface area contributed by atoms with Crippen LogP contribution < -0.4 is 0 Å². The summed E-state index contributed by atoms with van der Waals surface area (Å²) < 4.78 is 5.16. The molecular weight excluding hydrogens is 132 g/mol. The fourth-order valence-corrected chi connectivity index (χ4v) is 1.73. The molecule has 1 saturated carbocycles. The molecule has 4 atom stereocenters. The smallest absolute Gasteiger partial charge is 0.110 e. The normalized spacial score (nSPS) is 52.2. The van der Waals surface area contributed by atoms with Crippen molar-refractivity contribution in [2.75, 3.05) is 6.61 Å². The van der Waals surface area contributed by atoms with E-state index in [4.69, 9.17) is 9.84 Å². The maximum atomic E-state index is 9.28. The van der Waals surface area contributed by atoms with Gasteiger partial charge in [0.1, 0.15) is 6.10 Å². The highest BCUT2D eigenvalue weighted by Crippen LogP contribution is 2.39. The van der Waals surface area contributed by atoms with Crippen molar-refractivity contribution in [3.05, 3.63) is 0 Å². The zero-order chi connectivity index (χ0) is 7.14. The Kier molecular flexibility index (Phi) is 1.44. The molecule has 1 aliphatic carbocycles. The fraction of sp³-hybridized carbons (Fsp3) is 1.00. The van der Waals surface area contributed by atoms with Crippen molar-refractivity contribution >= 4 is 0 Å². The lowest BCUT2D eigenvalue weighted by Gasteiger charge is -2.20. The Bertz CT molecular complexity index is 137. The van der Waals surface area contributed by atoms with Gasteiger partial charge in [-0.2, -0.15) is 0 Å². The minimum absolute atomic E-state index is 0.0998. The molecule has 1 aliphatic heterocycles. The molecule has 0 aromatic heterocycles. The SMILES string of the molecule is OCC1CC(O)C2OC2C1. The molecule has 0 bridgehead atoms. The van der Waals surface area contributed by atoms with Crippen LogP contribution >= 0.6 is 0 Å². The number of hydrogen-bond acceptors (Lipinski definition) is 3. The van der Waals surface area contributed by atoms with Crippen LogP contribution in [0.1, 0.15) is 12.8 Å². The zero-order valence-electron chi connectivity index (χ0n) is 5.73. The molecule has 2 aliphatic rings. The summed E-state index contributed by atoms with van der Waals surface area (Å²) in [5.41, 5.74) is 0. The lowest BCUT2D eigenvalue weighted by atomic mass is 9.88. The van der Waals surface area contributed by atoms with Crippen molar-refractivity contribution < 1.29 is 14.9 Å². The number of rotatable bonds is 1. The van der Waals surface area contributed by atoms with E-state index in [9.17, 15) is 5.11 Å². The molecule has 1 heterocycles. The highest BCUT2D eigenvalue weighted by atomic mass is 16.6. The molecule has 3 nitrogen and oxygen atoms in total. The monoisotopic (exact) mass is 144 g/mol. The van der Waals surface area contributed by atoms with Crippen LogP contribution in [0, 0.1) is 5.92 Å². The second kappa shape index (κ2) is 2.19. The summed E-state index contributed by atoms with van der Waals surface area (Å²) in [7, 11) is 0. The van der Waals surface area contributed by atoms with Crippen molar-refractivity contribution in [1.82, 2.24) is 0 Å². The summed E-state index contributed by atoms with van der Waals surface area (Å²) in [6, 6.07) is 0. The highest BCUT2D eigenvalue weighted by Gasteiger charge is 2.49. The third kappa shape index (κ3) is 0.944. The highest BCUT2D eigenvalue weighted by molar-refractivity contribution is 4.97. The molecule has 58 valence electrons. The van der Waals surface area contributed by atoms with Crippen molar-refractivity contribution in [2.24, 2.45) is 5.92 Å². The largest absolute Gasteiger partial charge is 0.396 e. The van der Waals surface area contributed by atoms with E-state index in [1.807, 2.05) is 0 Å². The van der Waals surface area contributed by atoms with E-state index >= 15 is 0 Å². The van der Waals surface area contributed by atoms with Gasteiger partial charge in [-0.05, 0) is 18.8 Å². The maximum Gasteiger partial charge on any atom is 0.110 e. The van der Waals surface area contributed by atoms with Gasteiger partial charge < -0.3 is 14.9 Å². The first kappa shape index (κ1) is 6.58. The summed E-state index contributed by atoms with van der Waals surface area (Å²) >= 11 is 0. The topological polar surface area (TPSA) is 53.0 Å². The third-order valence-electron chi connectivity index (χ3n) is 2.40. The van der Waals surface area contributed by atoms with Crippen LogP contribution in [-0.2, 0) is 4.74 Å². The predicted octanol–water partition coefficient (Wildman–Crippen LogP) is -0.483. The average Bonchev–Trinajstić information content (AvgIpc) is 2.66.